The first-order chi connectivity index (χ1) is 14.2. The maximum absolute atomic E-state index is 11.9. The van der Waals surface area contributed by atoms with Crippen molar-refractivity contribution in [2.45, 2.75) is 32.6 Å². The second-order valence-corrected chi connectivity index (χ2v) is 7.74. The van der Waals surface area contributed by atoms with E-state index in [1.807, 2.05) is 24.3 Å². The van der Waals surface area contributed by atoms with E-state index < -0.39 is 18.5 Å². The molecule has 2 rings (SSSR count). The minimum Gasteiger partial charge on any atom is -0.493 e. The van der Waals surface area contributed by atoms with E-state index in [4.69, 9.17) is 9.47 Å². The zero-order chi connectivity index (χ0) is 22.1. The van der Waals surface area contributed by atoms with Gasteiger partial charge in [0.25, 0.3) is 11.8 Å². The van der Waals surface area contributed by atoms with Crippen molar-refractivity contribution in [1.82, 2.24) is 5.32 Å². The van der Waals surface area contributed by atoms with Crippen molar-refractivity contribution in [3.05, 3.63) is 59.7 Å². The average Bonchev–Trinajstić information content (AvgIpc) is 2.72. The number of amides is 2. The predicted molar refractivity (Wildman–Crippen MR) is 115 cm³/mol. The summed E-state index contributed by atoms with van der Waals surface area (Å²) in [6.07, 6.45) is 0.0368. The fraction of sp³-hybridized carbons (Fsp3) is 0.348. The third-order valence-electron chi connectivity index (χ3n) is 4.32. The third kappa shape index (κ3) is 7.24. The van der Waals surface area contributed by atoms with Crippen molar-refractivity contribution < 1.29 is 23.9 Å². The molecule has 0 heterocycles. The Kier molecular flexibility index (Phi) is 7.98. The van der Waals surface area contributed by atoms with Crippen LogP contribution in [0, 0.1) is 0 Å². The summed E-state index contributed by atoms with van der Waals surface area (Å²) < 4.78 is 10.5. The van der Waals surface area contributed by atoms with Gasteiger partial charge < -0.3 is 20.1 Å². The van der Waals surface area contributed by atoms with Crippen molar-refractivity contribution >= 4 is 23.5 Å². The summed E-state index contributed by atoms with van der Waals surface area (Å²) in [5.41, 5.74) is 2.25. The SMILES string of the molecule is CNC(=O)c1ccc(NC(=O)COC(=O)CCOc2ccc(C(C)(C)C)cc2)cc1. The van der Waals surface area contributed by atoms with E-state index in [1.54, 1.807) is 31.3 Å². The van der Waals surface area contributed by atoms with E-state index >= 15 is 0 Å². The van der Waals surface area contributed by atoms with Crippen LogP contribution >= 0.6 is 0 Å². The summed E-state index contributed by atoms with van der Waals surface area (Å²) in [4.78, 5) is 35.2. The lowest BCUT2D eigenvalue weighted by atomic mass is 9.87. The van der Waals surface area contributed by atoms with Crippen molar-refractivity contribution in [3.63, 3.8) is 0 Å². The number of ether oxygens (including phenoxy) is 2. The van der Waals surface area contributed by atoms with Gasteiger partial charge in [0.05, 0.1) is 13.0 Å². The molecule has 0 fully saturated rings. The number of hydrogen-bond donors (Lipinski definition) is 2. The fourth-order valence-electron chi connectivity index (χ4n) is 2.57. The van der Waals surface area contributed by atoms with Gasteiger partial charge >= 0.3 is 5.97 Å². The molecule has 0 bridgehead atoms. The van der Waals surface area contributed by atoms with Gasteiger partial charge in [0.15, 0.2) is 6.61 Å². The molecule has 0 aliphatic rings. The lowest BCUT2D eigenvalue weighted by Gasteiger charge is -2.19. The topological polar surface area (TPSA) is 93.7 Å². The molecule has 0 saturated carbocycles. The Morgan fingerprint density at radius 3 is 2.13 bits per heavy atom. The molecule has 0 aromatic heterocycles. The highest BCUT2D eigenvalue weighted by atomic mass is 16.5. The summed E-state index contributed by atoms with van der Waals surface area (Å²) in [5, 5.41) is 5.12. The van der Waals surface area contributed by atoms with Gasteiger partial charge in [-0.15, -0.1) is 0 Å². The zero-order valence-corrected chi connectivity index (χ0v) is 17.8. The Bertz CT molecular complexity index is 868. The summed E-state index contributed by atoms with van der Waals surface area (Å²) in [5.74, 6) is -0.524. The largest absolute Gasteiger partial charge is 0.493 e. The Labute approximate surface area is 176 Å². The average molecular weight is 412 g/mol. The molecule has 7 heteroatoms. The number of anilines is 1. The maximum atomic E-state index is 11.9. The molecular weight excluding hydrogens is 384 g/mol. The van der Waals surface area contributed by atoms with Gasteiger partial charge in [0.2, 0.25) is 0 Å². The lowest BCUT2D eigenvalue weighted by molar-refractivity contribution is -0.147. The molecule has 0 aliphatic heterocycles. The number of rotatable bonds is 8. The molecule has 0 unspecified atom stereocenters. The maximum Gasteiger partial charge on any atom is 0.309 e. The monoisotopic (exact) mass is 412 g/mol. The van der Waals surface area contributed by atoms with Crippen molar-refractivity contribution in [3.8, 4) is 5.75 Å². The molecule has 7 nitrogen and oxygen atoms in total. The van der Waals surface area contributed by atoms with Gasteiger partial charge in [0.1, 0.15) is 5.75 Å². The fourth-order valence-corrected chi connectivity index (χ4v) is 2.57. The molecule has 2 aromatic rings. The second kappa shape index (κ2) is 10.4. The number of benzene rings is 2. The highest BCUT2D eigenvalue weighted by molar-refractivity contribution is 5.96. The molecule has 2 aromatic carbocycles. The van der Waals surface area contributed by atoms with Crippen molar-refractivity contribution in [2.75, 3.05) is 25.6 Å². The van der Waals surface area contributed by atoms with Crippen LogP contribution in [0.15, 0.2) is 48.5 Å². The van der Waals surface area contributed by atoms with Crippen molar-refractivity contribution in [2.24, 2.45) is 0 Å². The first-order valence-electron chi connectivity index (χ1n) is 9.70. The highest BCUT2D eigenvalue weighted by Gasteiger charge is 2.13. The molecule has 0 spiro atoms. The van der Waals surface area contributed by atoms with E-state index in [-0.39, 0.29) is 24.3 Å². The summed E-state index contributed by atoms with van der Waals surface area (Å²) >= 11 is 0. The van der Waals surface area contributed by atoms with Crippen molar-refractivity contribution in [1.29, 1.82) is 0 Å². The number of nitrogens with one attached hydrogen (secondary N) is 2. The van der Waals surface area contributed by atoms with Crippen LogP contribution in [-0.4, -0.2) is 38.0 Å². The summed E-state index contributed by atoms with van der Waals surface area (Å²) in [7, 11) is 1.54. The van der Waals surface area contributed by atoms with Gasteiger partial charge in [-0.2, -0.15) is 0 Å². The molecule has 2 amide bonds. The number of carbonyl (C=O) groups excluding carboxylic acids is 3. The van der Waals surface area contributed by atoms with E-state index in [9.17, 15) is 14.4 Å². The molecule has 0 radical (unpaired) electrons. The van der Waals surface area contributed by atoms with Crippen LogP contribution < -0.4 is 15.4 Å². The Balaban J connectivity index is 1.69. The van der Waals surface area contributed by atoms with Crippen LogP contribution in [0.1, 0.15) is 43.1 Å². The molecule has 0 atom stereocenters. The van der Waals surface area contributed by atoms with E-state index in [1.165, 1.54) is 5.56 Å². The normalized spacial score (nSPS) is 10.8. The Morgan fingerprint density at radius 1 is 0.933 bits per heavy atom. The quantitative estimate of drug-likeness (QED) is 0.649. The molecular formula is C23H28N2O5. The van der Waals surface area contributed by atoms with Gasteiger partial charge in [-0.05, 0) is 47.4 Å². The third-order valence-corrected chi connectivity index (χ3v) is 4.32. The zero-order valence-electron chi connectivity index (χ0n) is 17.8. The Hall–Kier alpha value is -3.35. The smallest absolute Gasteiger partial charge is 0.309 e. The van der Waals surface area contributed by atoms with E-state index in [0.29, 0.717) is 17.0 Å². The second-order valence-electron chi connectivity index (χ2n) is 7.74. The van der Waals surface area contributed by atoms with Gasteiger partial charge in [-0.25, -0.2) is 0 Å². The first-order valence-corrected chi connectivity index (χ1v) is 9.70. The Morgan fingerprint density at radius 2 is 1.57 bits per heavy atom. The molecule has 30 heavy (non-hydrogen) atoms. The van der Waals surface area contributed by atoms with Gasteiger partial charge in [-0.3, -0.25) is 14.4 Å². The summed E-state index contributed by atoms with van der Waals surface area (Å²) in [6.45, 7) is 6.17. The van der Waals surface area contributed by atoms with Crippen LogP contribution in [0.5, 0.6) is 5.75 Å². The van der Waals surface area contributed by atoms with Gasteiger partial charge in [0, 0.05) is 18.3 Å². The van der Waals surface area contributed by atoms with Crippen LogP contribution in [0.2, 0.25) is 0 Å². The number of hydrogen-bond acceptors (Lipinski definition) is 5. The molecule has 0 aliphatic carbocycles. The highest BCUT2D eigenvalue weighted by Crippen LogP contribution is 2.24. The molecule has 0 saturated heterocycles. The van der Waals surface area contributed by atoms with Crippen LogP contribution in [0.3, 0.4) is 0 Å². The van der Waals surface area contributed by atoms with E-state index in [0.717, 1.165) is 0 Å². The minimum atomic E-state index is -0.522. The van der Waals surface area contributed by atoms with Crippen LogP contribution in [-0.2, 0) is 19.7 Å². The minimum absolute atomic E-state index is 0.0368. The van der Waals surface area contributed by atoms with Crippen LogP contribution in [0.4, 0.5) is 5.69 Å². The molecule has 2 N–H and O–H groups in total. The summed E-state index contributed by atoms with van der Waals surface area (Å²) in [6, 6.07) is 14.1. The first kappa shape index (κ1) is 22.9. The number of carbonyl (C=O) groups is 3. The predicted octanol–water partition coefficient (Wildman–Crippen LogP) is 3.29. The molecule has 160 valence electrons. The van der Waals surface area contributed by atoms with Crippen LogP contribution in [0.25, 0.3) is 0 Å². The number of esters is 1. The van der Waals surface area contributed by atoms with Gasteiger partial charge in [-0.1, -0.05) is 32.9 Å². The lowest BCUT2D eigenvalue weighted by Crippen LogP contribution is -2.22. The van der Waals surface area contributed by atoms with E-state index in [2.05, 4.69) is 31.4 Å². The standard InChI is InChI=1S/C23H28N2O5/c1-23(2,3)17-7-11-19(12-8-17)29-14-13-21(27)30-15-20(26)25-18-9-5-16(6-10-18)22(28)24-4/h5-12H,13-15H2,1-4H3,(H,24,28)(H,25,26).